The van der Waals surface area contributed by atoms with Crippen LogP contribution in [0.3, 0.4) is 0 Å². The number of aromatic nitrogens is 3. The SMILES string of the molecule is CCOc1ccccc1C1C(C(=O)Nc2ccccc2)=C(C)Nc2nc(-c3cccc(OC)c3)nn21. The van der Waals surface area contributed by atoms with E-state index < -0.39 is 6.04 Å². The molecule has 1 aliphatic rings. The van der Waals surface area contributed by atoms with Crippen molar-refractivity contribution in [1.29, 1.82) is 0 Å². The molecular formula is C28H27N5O3. The Morgan fingerprint density at radius 1 is 1.06 bits per heavy atom. The maximum Gasteiger partial charge on any atom is 0.255 e. The van der Waals surface area contributed by atoms with Crippen molar-refractivity contribution in [2.45, 2.75) is 19.9 Å². The zero-order valence-corrected chi connectivity index (χ0v) is 20.4. The smallest absolute Gasteiger partial charge is 0.255 e. The van der Waals surface area contributed by atoms with Gasteiger partial charge in [0.15, 0.2) is 5.82 Å². The molecule has 0 radical (unpaired) electrons. The highest BCUT2D eigenvalue weighted by Crippen LogP contribution is 2.40. The quantitative estimate of drug-likeness (QED) is 0.373. The zero-order chi connectivity index (χ0) is 25.1. The van der Waals surface area contributed by atoms with E-state index in [0.29, 0.717) is 46.8 Å². The minimum Gasteiger partial charge on any atom is -0.497 e. The summed E-state index contributed by atoms with van der Waals surface area (Å²) in [6.07, 6.45) is 0. The molecule has 5 rings (SSSR count). The first-order valence-corrected chi connectivity index (χ1v) is 11.8. The molecule has 1 atom stereocenters. The summed E-state index contributed by atoms with van der Waals surface area (Å²) >= 11 is 0. The Labute approximate surface area is 209 Å². The molecule has 0 fully saturated rings. The van der Waals surface area contributed by atoms with Crippen molar-refractivity contribution in [3.63, 3.8) is 0 Å². The van der Waals surface area contributed by atoms with Crippen LogP contribution in [0.4, 0.5) is 11.6 Å². The predicted octanol–water partition coefficient (Wildman–Crippen LogP) is 5.28. The Kier molecular flexibility index (Phi) is 6.40. The first kappa shape index (κ1) is 23.2. The van der Waals surface area contributed by atoms with E-state index in [-0.39, 0.29) is 5.91 Å². The summed E-state index contributed by atoms with van der Waals surface area (Å²) in [6.45, 7) is 4.31. The fourth-order valence-corrected chi connectivity index (χ4v) is 4.33. The Bertz CT molecular complexity index is 1430. The average Bonchev–Trinajstić information content (AvgIpc) is 3.33. The molecule has 2 N–H and O–H groups in total. The van der Waals surface area contributed by atoms with Gasteiger partial charge in [0.2, 0.25) is 5.95 Å². The summed E-state index contributed by atoms with van der Waals surface area (Å²) in [5.41, 5.74) is 3.56. The molecule has 0 spiro atoms. The number of methoxy groups -OCH3 is 1. The topological polar surface area (TPSA) is 90.3 Å². The predicted molar refractivity (Wildman–Crippen MR) is 139 cm³/mol. The summed E-state index contributed by atoms with van der Waals surface area (Å²) < 4.78 is 13.1. The summed E-state index contributed by atoms with van der Waals surface area (Å²) in [5.74, 6) is 2.23. The Morgan fingerprint density at radius 3 is 2.61 bits per heavy atom. The van der Waals surface area contributed by atoms with E-state index >= 15 is 0 Å². The first-order valence-electron chi connectivity index (χ1n) is 11.8. The normalized spacial score (nSPS) is 14.6. The van der Waals surface area contributed by atoms with Gasteiger partial charge in [-0.1, -0.05) is 48.5 Å². The number of carbonyl (C=O) groups is 1. The van der Waals surface area contributed by atoms with E-state index in [1.165, 1.54) is 0 Å². The van der Waals surface area contributed by atoms with Gasteiger partial charge in [0.05, 0.1) is 19.3 Å². The fourth-order valence-electron chi connectivity index (χ4n) is 4.33. The van der Waals surface area contributed by atoms with Gasteiger partial charge in [-0.15, -0.1) is 5.10 Å². The summed E-state index contributed by atoms with van der Waals surface area (Å²) in [6, 6.07) is 24.1. The van der Waals surface area contributed by atoms with Crippen LogP contribution in [0.25, 0.3) is 11.4 Å². The molecule has 0 aliphatic carbocycles. The third-order valence-corrected chi connectivity index (χ3v) is 5.97. The van der Waals surface area contributed by atoms with Crippen molar-refractivity contribution in [2.75, 3.05) is 24.4 Å². The Hall–Kier alpha value is -4.59. The van der Waals surface area contributed by atoms with Gasteiger partial charge in [0, 0.05) is 22.5 Å². The molecule has 182 valence electrons. The zero-order valence-electron chi connectivity index (χ0n) is 20.4. The summed E-state index contributed by atoms with van der Waals surface area (Å²) in [4.78, 5) is 18.4. The third kappa shape index (κ3) is 4.40. The number of amides is 1. The van der Waals surface area contributed by atoms with Crippen LogP contribution >= 0.6 is 0 Å². The molecule has 1 aromatic heterocycles. The van der Waals surface area contributed by atoms with Crippen molar-refractivity contribution in [3.05, 3.63) is 95.7 Å². The van der Waals surface area contributed by atoms with Gasteiger partial charge in [-0.2, -0.15) is 4.98 Å². The molecule has 8 nitrogen and oxygen atoms in total. The lowest BCUT2D eigenvalue weighted by atomic mass is 9.94. The maximum atomic E-state index is 13.7. The van der Waals surface area contributed by atoms with E-state index in [4.69, 9.17) is 19.6 Å². The number of para-hydroxylation sites is 2. The summed E-state index contributed by atoms with van der Waals surface area (Å²) in [5, 5.41) is 11.2. The fraction of sp³-hybridized carbons (Fsp3) is 0.179. The molecule has 0 saturated heterocycles. The second-order valence-electron chi connectivity index (χ2n) is 8.29. The molecule has 0 saturated carbocycles. The lowest BCUT2D eigenvalue weighted by Crippen LogP contribution is -2.31. The highest BCUT2D eigenvalue weighted by Gasteiger charge is 2.36. The second-order valence-corrected chi connectivity index (χ2v) is 8.29. The van der Waals surface area contributed by atoms with Crippen LogP contribution in [-0.2, 0) is 4.79 Å². The largest absolute Gasteiger partial charge is 0.497 e. The number of carbonyl (C=O) groups excluding carboxylic acids is 1. The van der Waals surface area contributed by atoms with Gasteiger partial charge in [-0.3, -0.25) is 4.79 Å². The minimum absolute atomic E-state index is 0.230. The summed E-state index contributed by atoms with van der Waals surface area (Å²) in [7, 11) is 1.62. The molecular weight excluding hydrogens is 454 g/mol. The van der Waals surface area contributed by atoms with Gasteiger partial charge in [-0.25, -0.2) is 4.68 Å². The number of anilines is 2. The monoisotopic (exact) mass is 481 g/mol. The number of ether oxygens (including phenoxy) is 2. The second kappa shape index (κ2) is 9.95. The first-order chi connectivity index (χ1) is 17.6. The highest BCUT2D eigenvalue weighted by molar-refractivity contribution is 6.06. The molecule has 1 aliphatic heterocycles. The number of fused-ring (bicyclic) bond motifs is 1. The van der Waals surface area contributed by atoms with Gasteiger partial charge >= 0.3 is 0 Å². The number of benzene rings is 3. The number of allylic oxidation sites excluding steroid dienone is 1. The number of nitrogens with one attached hydrogen (secondary N) is 2. The Morgan fingerprint density at radius 2 is 1.83 bits per heavy atom. The van der Waals surface area contributed by atoms with Crippen LogP contribution in [0.1, 0.15) is 25.5 Å². The van der Waals surface area contributed by atoms with E-state index in [0.717, 1.165) is 11.1 Å². The number of hydrogen-bond acceptors (Lipinski definition) is 6. The van der Waals surface area contributed by atoms with Crippen LogP contribution in [0.15, 0.2) is 90.1 Å². The average molecular weight is 482 g/mol. The van der Waals surface area contributed by atoms with E-state index in [9.17, 15) is 4.79 Å². The van der Waals surface area contributed by atoms with Crippen molar-refractivity contribution in [3.8, 4) is 22.9 Å². The lowest BCUT2D eigenvalue weighted by Gasteiger charge is -2.29. The highest BCUT2D eigenvalue weighted by atomic mass is 16.5. The van der Waals surface area contributed by atoms with E-state index in [1.54, 1.807) is 11.8 Å². The molecule has 0 bridgehead atoms. The van der Waals surface area contributed by atoms with Crippen molar-refractivity contribution < 1.29 is 14.3 Å². The van der Waals surface area contributed by atoms with Gasteiger partial charge in [-0.05, 0) is 44.2 Å². The van der Waals surface area contributed by atoms with Crippen LogP contribution in [0.2, 0.25) is 0 Å². The van der Waals surface area contributed by atoms with Crippen molar-refractivity contribution in [2.24, 2.45) is 0 Å². The molecule has 36 heavy (non-hydrogen) atoms. The van der Waals surface area contributed by atoms with Crippen LogP contribution in [0.5, 0.6) is 11.5 Å². The van der Waals surface area contributed by atoms with Crippen LogP contribution < -0.4 is 20.1 Å². The molecule has 3 aromatic carbocycles. The molecule has 1 amide bonds. The molecule has 8 heteroatoms. The van der Waals surface area contributed by atoms with Crippen LogP contribution in [-0.4, -0.2) is 34.4 Å². The lowest BCUT2D eigenvalue weighted by molar-refractivity contribution is -0.113. The third-order valence-electron chi connectivity index (χ3n) is 5.97. The van der Waals surface area contributed by atoms with Crippen molar-refractivity contribution in [1.82, 2.24) is 14.8 Å². The minimum atomic E-state index is -0.556. The van der Waals surface area contributed by atoms with E-state index in [1.807, 2.05) is 92.7 Å². The molecule has 2 heterocycles. The Balaban J connectivity index is 1.64. The number of nitrogens with zero attached hydrogens (tertiary/aromatic N) is 3. The van der Waals surface area contributed by atoms with E-state index in [2.05, 4.69) is 10.6 Å². The van der Waals surface area contributed by atoms with Crippen LogP contribution in [0, 0.1) is 0 Å². The van der Waals surface area contributed by atoms with Gasteiger partial charge in [0.25, 0.3) is 5.91 Å². The molecule has 1 unspecified atom stereocenters. The standard InChI is InChI=1S/C28H27N5O3/c1-4-36-23-16-9-8-15-22(23)25-24(27(34)30-20-12-6-5-7-13-20)18(2)29-28-31-26(32-33(25)28)19-11-10-14-21(17-19)35-3/h5-17,25H,4H2,1-3H3,(H,30,34)(H,29,31,32). The maximum absolute atomic E-state index is 13.7. The number of rotatable bonds is 7. The van der Waals surface area contributed by atoms with Gasteiger partial charge in [0.1, 0.15) is 17.5 Å². The molecule has 4 aromatic rings. The number of hydrogen-bond donors (Lipinski definition) is 2. The van der Waals surface area contributed by atoms with Gasteiger partial charge < -0.3 is 20.1 Å². The van der Waals surface area contributed by atoms with Crippen molar-refractivity contribution >= 4 is 17.5 Å².